The maximum Gasteiger partial charge on any atom is 0.338 e. The van der Waals surface area contributed by atoms with Crippen molar-refractivity contribution < 1.29 is 14.3 Å². The Balaban J connectivity index is 2.49. The summed E-state index contributed by atoms with van der Waals surface area (Å²) in [7, 11) is 1.81. The number of esters is 1. The van der Waals surface area contributed by atoms with Crippen LogP contribution in [-0.2, 0) is 4.74 Å². The van der Waals surface area contributed by atoms with E-state index in [1.54, 1.807) is 24.3 Å². The molecule has 0 aliphatic rings. The van der Waals surface area contributed by atoms with Gasteiger partial charge in [-0.25, -0.2) is 4.79 Å². The molecule has 0 heterocycles. The van der Waals surface area contributed by atoms with Crippen molar-refractivity contribution in [2.45, 2.75) is 6.92 Å². The molecule has 0 spiro atoms. The van der Waals surface area contributed by atoms with Crippen molar-refractivity contribution in [2.24, 2.45) is 0 Å². The van der Waals surface area contributed by atoms with Gasteiger partial charge in [-0.15, -0.1) is 0 Å². The smallest absolute Gasteiger partial charge is 0.338 e. The van der Waals surface area contributed by atoms with Crippen LogP contribution in [0.25, 0.3) is 0 Å². The summed E-state index contributed by atoms with van der Waals surface area (Å²) >= 11 is 0. The van der Waals surface area contributed by atoms with Gasteiger partial charge in [0, 0.05) is 6.54 Å². The van der Waals surface area contributed by atoms with Crippen LogP contribution in [0.4, 0.5) is 0 Å². The van der Waals surface area contributed by atoms with E-state index >= 15 is 0 Å². The predicted molar refractivity (Wildman–Crippen MR) is 61.8 cm³/mol. The van der Waals surface area contributed by atoms with Crippen LogP contribution in [0.5, 0.6) is 5.75 Å². The van der Waals surface area contributed by atoms with Crippen LogP contribution in [0.2, 0.25) is 0 Å². The van der Waals surface area contributed by atoms with E-state index in [2.05, 4.69) is 5.32 Å². The fourth-order valence-electron chi connectivity index (χ4n) is 1.18. The van der Waals surface area contributed by atoms with E-state index in [1.807, 2.05) is 14.0 Å². The highest BCUT2D eigenvalue weighted by atomic mass is 16.5. The van der Waals surface area contributed by atoms with Crippen molar-refractivity contribution >= 4 is 5.97 Å². The Morgan fingerprint density at radius 1 is 1.31 bits per heavy atom. The first kappa shape index (κ1) is 12.5. The van der Waals surface area contributed by atoms with Crippen LogP contribution in [0.1, 0.15) is 17.3 Å². The van der Waals surface area contributed by atoms with Gasteiger partial charge >= 0.3 is 5.97 Å². The summed E-state index contributed by atoms with van der Waals surface area (Å²) in [4.78, 5) is 11.5. The number of benzene rings is 1. The molecule has 0 amide bonds. The molecule has 0 aromatic heterocycles. The maximum absolute atomic E-state index is 11.5. The molecule has 4 heteroatoms. The van der Waals surface area contributed by atoms with Gasteiger partial charge < -0.3 is 14.8 Å². The van der Waals surface area contributed by atoms with Crippen LogP contribution in [0.3, 0.4) is 0 Å². The van der Waals surface area contributed by atoms with Gasteiger partial charge in [-0.05, 0) is 38.2 Å². The zero-order valence-corrected chi connectivity index (χ0v) is 9.66. The first-order valence-corrected chi connectivity index (χ1v) is 5.32. The van der Waals surface area contributed by atoms with Crippen LogP contribution in [0.15, 0.2) is 24.3 Å². The van der Waals surface area contributed by atoms with Gasteiger partial charge in [0.1, 0.15) is 12.4 Å². The van der Waals surface area contributed by atoms with E-state index in [1.165, 1.54) is 0 Å². The standard InChI is InChI=1S/C12H17NO3/c1-3-15-11-6-4-10(5-7-11)12(14)16-9-8-13-2/h4-7,13H,3,8-9H2,1-2H3. The van der Waals surface area contributed by atoms with E-state index in [0.717, 1.165) is 5.75 Å². The third-order valence-electron chi connectivity index (χ3n) is 1.99. The summed E-state index contributed by atoms with van der Waals surface area (Å²) < 4.78 is 10.3. The molecule has 0 aliphatic carbocycles. The second-order valence-corrected chi connectivity index (χ2v) is 3.20. The molecule has 88 valence electrons. The molecule has 0 unspecified atom stereocenters. The third-order valence-corrected chi connectivity index (χ3v) is 1.99. The first-order chi connectivity index (χ1) is 7.77. The lowest BCUT2D eigenvalue weighted by molar-refractivity contribution is 0.0510. The average molecular weight is 223 g/mol. The number of ether oxygens (including phenoxy) is 2. The van der Waals surface area contributed by atoms with Gasteiger partial charge in [-0.3, -0.25) is 0 Å². The van der Waals surface area contributed by atoms with Gasteiger partial charge in [0.2, 0.25) is 0 Å². The highest BCUT2D eigenvalue weighted by molar-refractivity contribution is 5.89. The number of likely N-dealkylation sites (N-methyl/N-ethyl adjacent to an activating group) is 1. The molecule has 1 aromatic carbocycles. The molecule has 4 nitrogen and oxygen atoms in total. The zero-order valence-electron chi connectivity index (χ0n) is 9.66. The molecule has 16 heavy (non-hydrogen) atoms. The highest BCUT2D eigenvalue weighted by Gasteiger charge is 2.06. The van der Waals surface area contributed by atoms with Gasteiger partial charge in [0.05, 0.1) is 12.2 Å². The summed E-state index contributed by atoms with van der Waals surface area (Å²) in [6.07, 6.45) is 0. The SMILES string of the molecule is CCOc1ccc(C(=O)OCCNC)cc1. The number of carbonyl (C=O) groups excluding carboxylic acids is 1. The largest absolute Gasteiger partial charge is 0.494 e. The molecule has 0 radical (unpaired) electrons. The summed E-state index contributed by atoms with van der Waals surface area (Å²) in [5, 5.41) is 2.90. The topological polar surface area (TPSA) is 47.6 Å². The van der Waals surface area contributed by atoms with Gasteiger partial charge in [-0.2, -0.15) is 0 Å². The summed E-state index contributed by atoms with van der Waals surface area (Å²) in [6, 6.07) is 6.93. The van der Waals surface area contributed by atoms with Crippen molar-refractivity contribution in [3.8, 4) is 5.75 Å². The monoisotopic (exact) mass is 223 g/mol. The fourth-order valence-corrected chi connectivity index (χ4v) is 1.18. The van der Waals surface area contributed by atoms with Crippen LogP contribution in [0, 0.1) is 0 Å². The highest BCUT2D eigenvalue weighted by Crippen LogP contribution is 2.12. The number of carbonyl (C=O) groups is 1. The number of hydrogen-bond acceptors (Lipinski definition) is 4. The molecule has 0 atom stereocenters. The molecule has 0 bridgehead atoms. The van der Waals surface area contributed by atoms with E-state index < -0.39 is 0 Å². The maximum atomic E-state index is 11.5. The lowest BCUT2D eigenvalue weighted by atomic mass is 10.2. The molecule has 0 aliphatic heterocycles. The Morgan fingerprint density at radius 2 is 2.00 bits per heavy atom. The van der Waals surface area contributed by atoms with Crippen molar-refractivity contribution in [3.05, 3.63) is 29.8 Å². The molecular weight excluding hydrogens is 206 g/mol. The molecule has 0 fully saturated rings. The molecule has 1 rings (SSSR count). The Kier molecular flexibility index (Phi) is 5.36. The van der Waals surface area contributed by atoms with Crippen molar-refractivity contribution in [1.82, 2.24) is 5.32 Å². The summed E-state index contributed by atoms with van der Waals surface area (Å²) in [5.41, 5.74) is 0.541. The van der Waals surface area contributed by atoms with E-state index in [0.29, 0.717) is 25.3 Å². The second-order valence-electron chi connectivity index (χ2n) is 3.20. The van der Waals surface area contributed by atoms with Crippen molar-refractivity contribution in [2.75, 3.05) is 26.8 Å². The number of rotatable bonds is 6. The van der Waals surface area contributed by atoms with Gasteiger partial charge in [0.15, 0.2) is 0 Å². The number of nitrogens with one attached hydrogen (secondary N) is 1. The first-order valence-electron chi connectivity index (χ1n) is 5.32. The Morgan fingerprint density at radius 3 is 2.56 bits per heavy atom. The summed E-state index contributed by atoms with van der Waals surface area (Å²) in [6.45, 7) is 3.57. The Hall–Kier alpha value is -1.55. The average Bonchev–Trinajstić information content (AvgIpc) is 2.30. The summed E-state index contributed by atoms with van der Waals surface area (Å²) in [5.74, 6) is 0.451. The molecule has 0 saturated carbocycles. The van der Waals surface area contributed by atoms with Crippen LogP contribution >= 0.6 is 0 Å². The molecular formula is C12H17NO3. The number of hydrogen-bond donors (Lipinski definition) is 1. The minimum Gasteiger partial charge on any atom is -0.494 e. The minimum absolute atomic E-state index is 0.307. The van der Waals surface area contributed by atoms with Crippen LogP contribution < -0.4 is 10.1 Å². The van der Waals surface area contributed by atoms with Crippen LogP contribution in [-0.4, -0.2) is 32.8 Å². The third kappa shape index (κ3) is 3.90. The van der Waals surface area contributed by atoms with Crippen molar-refractivity contribution in [3.63, 3.8) is 0 Å². The fraction of sp³-hybridized carbons (Fsp3) is 0.417. The minimum atomic E-state index is -0.307. The molecule has 1 N–H and O–H groups in total. The molecule has 0 saturated heterocycles. The van der Waals surface area contributed by atoms with E-state index in [-0.39, 0.29) is 5.97 Å². The van der Waals surface area contributed by atoms with Gasteiger partial charge in [0.25, 0.3) is 0 Å². The second kappa shape index (κ2) is 6.85. The van der Waals surface area contributed by atoms with E-state index in [9.17, 15) is 4.79 Å². The lowest BCUT2D eigenvalue weighted by Gasteiger charge is -2.05. The van der Waals surface area contributed by atoms with E-state index in [4.69, 9.17) is 9.47 Å². The zero-order chi connectivity index (χ0) is 11.8. The molecule has 1 aromatic rings. The van der Waals surface area contributed by atoms with Gasteiger partial charge in [-0.1, -0.05) is 0 Å². The van der Waals surface area contributed by atoms with Crippen molar-refractivity contribution in [1.29, 1.82) is 0 Å². The predicted octanol–water partition coefficient (Wildman–Crippen LogP) is 1.46. The lowest BCUT2D eigenvalue weighted by Crippen LogP contribution is -2.17. The Labute approximate surface area is 95.6 Å². The Bertz CT molecular complexity index is 322. The normalized spacial score (nSPS) is 9.88. The quantitative estimate of drug-likeness (QED) is 0.586.